The van der Waals surface area contributed by atoms with Crippen LogP contribution in [0.3, 0.4) is 0 Å². The molecule has 0 aliphatic carbocycles. The second-order valence-corrected chi connectivity index (χ2v) is 7.48. The van der Waals surface area contributed by atoms with Crippen molar-refractivity contribution in [1.82, 2.24) is 25.5 Å². The number of hydrogen-bond acceptors (Lipinski definition) is 6. The summed E-state index contributed by atoms with van der Waals surface area (Å²) in [5.74, 6) is 2.03. The van der Waals surface area contributed by atoms with Crippen molar-refractivity contribution in [3.8, 4) is 17.1 Å². The summed E-state index contributed by atoms with van der Waals surface area (Å²) in [6.07, 6.45) is 4.16. The van der Waals surface area contributed by atoms with Crippen LogP contribution in [0.25, 0.3) is 11.4 Å². The number of rotatable bonds is 6. The molecule has 4 aromatic rings. The van der Waals surface area contributed by atoms with Crippen LogP contribution in [0.15, 0.2) is 73.1 Å². The molecule has 32 heavy (non-hydrogen) atoms. The molecule has 1 atom stereocenters. The molecule has 2 aromatic carbocycles. The second kappa shape index (κ2) is 8.89. The fourth-order valence-corrected chi connectivity index (χ4v) is 3.69. The number of nitrogens with zero attached hydrogens (tertiary/aromatic N) is 3. The number of benzene rings is 2. The molecule has 0 unspecified atom stereocenters. The minimum atomic E-state index is -0.116. The Balaban J connectivity index is 1.23. The summed E-state index contributed by atoms with van der Waals surface area (Å²) < 4.78 is 5.69. The highest BCUT2D eigenvalue weighted by molar-refractivity contribution is 5.95. The minimum Gasteiger partial charge on any atom is -0.493 e. The van der Waals surface area contributed by atoms with Gasteiger partial charge in [-0.2, -0.15) is 5.10 Å². The summed E-state index contributed by atoms with van der Waals surface area (Å²) in [5.41, 5.74) is 3.33. The van der Waals surface area contributed by atoms with Crippen molar-refractivity contribution < 1.29 is 9.53 Å². The highest BCUT2D eigenvalue weighted by Gasteiger charge is 2.23. The van der Waals surface area contributed by atoms with Gasteiger partial charge in [0.25, 0.3) is 5.91 Å². The molecule has 5 rings (SSSR count). The minimum absolute atomic E-state index is 0.0649. The van der Waals surface area contributed by atoms with E-state index in [4.69, 9.17) is 4.74 Å². The van der Waals surface area contributed by atoms with E-state index < -0.39 is 0 Å². The van der Waals surface area contributed by atoms with E-state index in [2.05, 4.69) is 30.8 Å². The van der Waals surface area contributed by atoms with Crippen molar-refractivity contribution in [2.45, 2.75) is 19.0 Å². The molecule has 0 saturated carbocycles. The number of amides is 1. The van der Waals surface area contributed by atoms with E-state index in [-0.39, 0.29) is 11.9 Å². The number of aromatic amines is 1. The first kappa shape index (κ1) is 19.7. The lowest BCUT2D eigenvalue weighted by Crippen LogP contribution is -2.32. The zero-order chi connectivity index (χ0) is 21.8. The van der Waals surface area contributed by atoms with Gasteiger partial charge in [0.1, 0.15) is 11.6 Å². The largest absolute Gasteiger partial charge is 0.493 e. The van der Waals surface area contributed by atoms with Crippen LogP contribution in [0.4, 0.5) is 5.69 Å². The van der Waals surface area contributed by atoms with Gasteiger partial charge in [0.15, 0.2) is 5.82 Å². The van der Waals surface area contributed by atoms with E-state index in [0.29, 0.717) is 30.4 Å². The Labute approximate surface area is 185 Å². The van der Waals surface area contributed by atoms with Crippen LogP contribution in [-0.2, 0) is 6.54 Å². The third-order valence-electron chi connectivity index (χ3n) is 5.32. The monoisotopic (exact) mass is 426 g/mol. The molecule has 8 heteroatoms. The first-order valence-electron chi connectivity index (χ1n) is 10.4. The third kappa shape index (κ3) is 4.29. The predicted octanol–water partition coefficient (Wildman–Crippen LogP) is 3.73. The van der Waals surface area contributed by atoms with Gasteiger partial charge in [0, 0.05) is 41.2 Å². The number of carbonyl (C=O) groups is 1. The van der Waals surface area contributed by atoms with Crippen molar-refractivity contribution in [2.75, 3.05) is 11.9 Å². The molecule has 0 radical (unpaired) electrons. The quantitative estimate of drug-likeness (QED) is 0.434. The third-order valence-corrected chi connectivity index (χ3v) is 5.32. The summed E-state index contributed by atoms with van der Waals surface area (Å²) >= 11 is 0. The number of ether oxygens (including phenoxy) is 1. The van der Waals surface area contributed by atoms with Crippen molar-refractivity contribution in [1.29, 1.82) is 0 Å². The van der Waals surface area contributed by atoms with Crippen LogP contribution >= 0.6 is 0 Å². The lowest BCUT2D eigenvalue weighted by molar-refractivity contribution is 0.0925. The number of hydrogen-bond donors (Lipinski definition) is 3. The van der Waals surface area contributed by atoms with Gasteiger partial charge in [-0.05, 0) is 36.4 Å². The van der Waals surface area contributed by atoms with E-state index in [1.807, 2.05) is 60.7 Å². The highest BCUT2D eigenvalue weighted by atomic mass is 16.5. The summed E-state index contributed by atoms with van der Waals surface area (Å²) in [6.45, 7) is 1.04. The molecule has 0 spiro atoms. The normalized spacial score (nSPS) is 14.8. The molecule has 1 aliphatic heterocycles. The summed E-state index contributed by atoms with van der Waals surface area (Å²) in [7, 11) is 0. The number of pyridine rings is 1. The Bertz CT molecular complexity index is 1220. The van der Waals surface area contributed by atoms with Gasteiger partial charge in [0.2, 0.25) is 0 Å². The SMILES string of the molecule is O=C(N[C@@H]1CCOc2ccccc21)c1cccc(NCc2nc(-c3ccncc3)n[nH]2)c1. The standard InChI is InChI=1S/C24H22N6O2/c31-24(27-20-10-13-32-21-7-2-1-6-19(20)21)17-4-3-5-18(14-17)26-15-22-28-23(30-29-22)16-8-11-25-12-9-16/h1-9,11-12,14,20,26H,10,13,15H2,(H,27,31)(H,28,29,30)/t20-/m1/s1. The van der Waals surface area contributed by atoms with E-state index in [1.54, 1.807) is 12.4 Å². The topological polar surface area (TPSA) is 105 Å². The smallest absolute Gasteiger partial charge is 0.251 e. The Kier molecular flexibility index (Phi) is 5.48. The number of aromatic nitrogens is 4. The van der Waals surface area contributed by atoms with Crippen molar-refractivity contribution >= 4 is 11.6 Å². The Morgan fingerprint density at radius 1 is 1.09 bits per heavy atom. The lowest BCUT2D eigenvalue weighted by atomic mass is 10.00. The fraction of sp³-hybridized carbons (Fsp3) is 0.167. The number of anilines is 1. The van der Waals surface area contributed by atoms with Crippen molar-refractivity contribution in [2.24, 2.45) is 0 Å². The van der Waals surface area contributed by atoms with Gasteiger partial charge in [-0.1, -0.05) is 24.3 Å². The average molecular weight is 426 g/mol. The van der Waals surface area contributed by atoms with Gasteiger partial charge in [-0.3, -0.25) is 14.9 Å². The first-order chi connectivity index (χ1) is 15.8. The number of nitrogens with one attached hydrogen (secondary N) is 3. The van der Waals surface area contributed by atoms with E-state index >= 15 is 0 Å². The van der Waals surface area contributed by atoms with Crippen molar-refractivity contribution in [3.05, 3.63) is 90.0 Å². The van der Waals surface area contributed by atoms with Gasteiger partial charge >= 0.3 is 0 Å². The first-order valence-corrected chi connectivity index (χ1v) is 10.4. The number of H-pyrrole nitrogens is 1. The molecular weight excluding hydrogens is 404 g/mol. The van der Waals surface area contributed by atoms with Crippen molar-refractivity contribution in [3.63, 3.8) is 0 Å². The fourth-order valence-electron chi connectivity index (χ4n) is 3.69. The van der Waals surface area contributed by atoms with Crippen LogP contribution in [0.2, 0.25) is 0 Å². The van der Waals surface area contributed by atoms with Crippen LogP contribution in [0.5, 0.6) is 5.75 Å². The number of para-hydroxylation sites is 1. The van der Waals surface area contributed by atoms with Gasteiger partial charge < -0.3 is 15.4 Å². The van der Waals surface area contributed by atoms with Gasteiger partial charge in [-0.15, -0.1) is 0 Å². The molecule has 2 aromatic heterocycles. The second-order valence-electron chi connectivity index (χ2n) is 7.48. The zero-order valence-electron chi connectivity index (χ0n) is 17.3. The van der Waals surface area contributed by atoms with Crippen LogP contribution in [0, 0.1) is 0 Å². The van der Waals surface area contributed by atoms with Gasteiger partial charge in [0.05, 0.1) is 19.2 Å². The predicted molar refractivity (Wildman–Crippen MR) is 120 cm³/mol. The van der Waals surface area contributed by atoms with Crippen LogP contribution < -0.4 is 15.4 Å². The highest BCUT2D eigenvalue weighted by Crippen LogP contribution is 2.31. The molecule has 0 bridgehead atoms. The van der Waals surface area contributed by atoms with E-state index in [9.17, 15) is 4.79 Å². The molecule has 1 amide bonds. The zero-order valence-corrected chi connectivity index (χ0v) is 17.3. The Morgan fingerprint density at radius 2 is 1.97 bits per heavy atom. The Morgan fingerprint density at radius 3 is 2.88 bits per heavy atom. The number of fused-ring (bicyclic) bond motifs is 1. The van der Waals surface area contributed by atoms with E-state index in [1.165, 1.54) is 0 Å². The van der Waals surface area contributed by atoms with Crippen LogP contribution in [-0.4, -0.2) is 32.7 Å². The summed E-state index contributed by atoms with van der Waals surface area (Å²) in [5, 5.41) is 13.6. The van der Waals surface area contributed by atoms with Crippen LogP contribution in [0.1, 0.15) is 34.2 Å². The molecule has 3 N–H and O–H groups in total. The number of carbonyl (C=O) groups excluding carboxylic acids is 1. The molecular formula is C24H22N6O2. The average Bonchev–Trinajstić information content (AvgIpc) is 3.33. The molecule has 160 valence electrons. The summed E-state index contributed by atoms with van der Waals surface area (Å²) in [4.78, 5) is 21.4. The molecule has 1 aliphatic rings. The Hall–Kier alpha value is -4.20. The van der Waals surface area contributed by atoms with E-state index in [0.717, 1.165) is 29.0 Å². The maximum absolute atomic E-state index is 12.9. The molecule has 0 fully saturated rings. The molecule has 8 nitrogen and oxygen atoms in total. The molecule has 3 heterocycles. The lowest BCUT2D eigenvalue weighted by Gasteiger charge is -2.26. The summed E-state index contributed by atoms with van der Waals surface area (Å²) in [6, 6.07) is 18.9. The van der Waals surface area contributed by atoms with Gasteiger partial charge in [-0.25, -0.2) is 4.98 Å². The molecule has 0 saturated heterocycles. The maximum Gasteiger partial charge on any atom is 0.251 e. The maximum atomic E-state index is 12.9.